The van der Waals surface area contributed by atoms with E-state index in [0.717, 1.165) is 15.4 Å². The summed E-state index contributed by atoms with van der Waals surface area (Å²) in [6.07, 6.45) is 7.72. The van der Waals surface area contributed by atoms with Crippen molar-refractivity contribution < 1.29 is 4.74 Å². The number of terminal acetylenes is 1. The molecule has 148 valence electrons. The van der Waals surface area contributed by atoms with E-state index in [0.29, 0.717) is 28.0 Å². The van der Waals surface area contributed by atoms with E-state index >= 15 is 0 Å². The van der Waals surface area contributed by atoms with E-state index in [4.69, 9.17) is 16.1 Å². The normalized spacial score (nSPS) is 12.2. The molecule has 1 atom stereocenters. The van der Waals surface area contributed by atoms with E-state index in [-0.39, 0.29) is 18.1 Å². The molecule has 0 unspecified atom stereocenters. The molecule has 0 N–H and O–H groups in total. The van der Waals surface area contributed by atoms with Gasteiger partial charge in [-0.1, -0.05) is 51.6 Å². The molecule has 0 amide bonds. The van der Waals surface area contributed by atoms with Crippen LogP contribution in [-0.2, 0) is 0 Å². The zero-order valence-electron chi connectivity index (χ0n) is 16.0. The summed E-state index contributed by atoms with van der Waals surface area (Å²) in [5.74, 6) is 3.72. The second-order valence-electron chi connectivity index (χ2n) is 6.48. The highest BCUT2D eigenvalue weighted by atomic mass is 79.9. The van der Waals surface area contributed by atoms with Crippen LogP contribution in [0.4, 0.5) is 0 Å². The number of hydrogen-bond acceptors (Lipinski definition) is 4. The van der Waals surface area contributed by atoms with E-state index in [2.05, 4.69) is 49.8 Å². The van der Waals surface area contributed by atoms with Crippen LogP contribution in [0.15, 0.2) is 55.2 Å². The first-order valence-electron chi connectivity index (χ1n) is 9.07. The molecule has 7 heteroatoms. The predicted molar refractivity (Wildman–Crippen MR) is 124 cm³/mol. The predicted octanol–water partition coefficient (Wildman–Crippen LogP) is 5.33. The molecule has 29 heavy (non-hydrogen) atoms. The maximum atomic E-state index is 13.2. The molecule has 0 aliphatic carbocycles. The highest BCUT2D eigenvalue weighted by Crippen LogP contribution is 2.23. The van der Waals surface area contributed by atoms with Crippen molar-refractivity contribution in [3.05, 3.63) is 67.1 Å². The minimum atomic E-state index is -0.219. The zero-order valence-corrected chi connectivity index (χ0v) is 19.2. The van der Waals surface area contributed by atoms with E-state index in [1.165, 1.54) is 4.68 Å². The molecule has 0 aliphatic rings. The van der Waals surface area contributed by atoms with Gasteiger partial charge in [-0.25, -0.2) is 4.98 Å². The number of nitrogens with zero attached hydrogens (tertiary/aromatic N) is 3. The second kappa shape index (κ2) is 9.38. The summed E-state index contributed by atoms with van der Waals surface area (Å²) in [5.41, 5.74) is 1.13. The molecular weight excluding hydrogens is 498 g/mol. The Morgan fingerprint density at radius 3 is 2.72 bits per heavy atom. The Morgan fingerprint density at radius 1 is 1.28 bits per heavy atom. The Morgan fingerprint density at radius 2 is 2.00 bits per heavy atom. The molecule has 1 aromatic heterocycles. The van der Waals surface area contributed by atoms with Gasteiger partial charge in [0.1, 0.15) is 18.2 Å². The van der Waals surface area contributed by atoms with E-state index in [1.807, 2.05) is 31.2 Å². The summed E-state index contributed by atoms with van der Waals surface area (Å²) in [7, 11) is 0. The lowest BCUT2D eigenvalue weighted by Crippen LogP contribution is -2.23. The van der Waals surface area contributed by atoms with Gasteiger partial charge in [0.25, 0.3) is 5.56 Å². The van der Waals surface area contributed by atoms with E-state index < -0.39 is 0 Å². The van der Waals surface area contributed by atoms with E-state index in [9.17, 15) is 4.79 Å². The monoisotopic (exact) mass is 515 g/mol. The van der Waals surface area contributed by atoms with Gasteiger partial charge in [0.2, 0.25) is 0 Å². The lowest BCUT2D eigenvalue weighted by Gasteiger charge is -2.14. The largest absolute Gasteiger partial charge is 0.480 e. The van der Waals surface area contributed by atoms with Crippen molar-refractivity contribution in [1.29, 1.82) is 0 Å². The summed E-state index contributed by atoms with van der Waals surface area (Å²) >= 11 is 6.87. The van der Waals surface area contributed by atoms with Crippen molar-refractivity contribution in [3.63, 3.8) is 0 Å². The van der Waals surface area contributed by atoms with Crippen molar-refractivity contribution >= 4 is 49.0 Å². The van der Waals surface area contributed by atoms with Gasteiger partial charge < -0.3 is 4.74 Å². The summed E-state index contributed by atoms with van der Waals surface area (Å²) in [5, 5.41) is 4.99. The van der Waals surface area contributed by atoms with Crippen LogP contribution in [-0.4, -0.2) is 22.5 Å². The van der Waals surface area contributed by atoms with Crippen molar-refractivity contribution in [1.82, 2.24) is 9.66 Å². The Bertz CT molecular complexity index is 1180. The maximum Gasteiger partial charge on any atom is 0.282 e. The zero-order chi connectivity index (χ0) is 21.0. The molecule has 1 heterocycles. The fraction of sp³-hybridized carbons (Fsp3) is 0.227. The van der Waals surface area contributed by atoms with Gasteiger partial charge in [0.15, 0.2) is 0 Å². The Hall–Kier alpha value is -2.43. The van der Waals surface area contributed by atoms with Crippen LogP contribution in [0.2, 0.25) is 0 Å². The molecule has 0 bridgehead atoms. The number of halogens is 2. The molecule has 3 aromatic rings. The van der Waals surface area contributed by atoms with Gasteiger partial charge in [0.05, 0.1) is 17.1 Å². The fourth-order valence-corrected chi connectivity index (χ4v) is 3.51. The third-order valence-electron chi connectivity index (χ3n) is 4.48. The molecule has 0 spiro atoms. The van der Waals surface area contributed by atoms with Crippen molar-refractivity contribution in [2.45, 2.75) is 26.2 Å². The third kappa shape index (κ3) is 4.77. The van der Waals surface area contributed by atoms with Crippen LogP contribution in [0.5, 0.6) is 5.75 Å². The number of rotatable bonds is 6. The number of aromatic nitrogens is 2. The van der Waals surface area contributed by atoms with Gasteiger partial charge in [-0.3, -0.25) is 4.79 Å². The molecule has 2 aromatic carbocycles. The van der Waals surface area contributed by atoms with Crippen LogP contribution >= 0.6 is 31.9 Å². The number of hydrogen-bond donors (Lipinski definition) is 0. The van der Waals surface area contributed by atoms with E-state index in [1.54, 1.807) is 18.3 Å². The Kier molecular flexibility index (Phi) is 6.88. The lowest BCUT2D eigenvalue weighted by molar-refractivity contribution is 0.370. The van der Waals surface area contributed by atoms with Gasteiger partial charge in [-0.2, -0.15) is 9.78 Å². The minimum Gasteiger partial charge on any atom is -0.480 e. The molecule has 0 aliphatic heterocycles. The van der Waals surface area contributed by atoms with Crippen LogP contribution < -0.4 is 10.3 Å². The average molecular weight is 517 g/mol. The minimum absolute atomic E-state index is 0.0626. The van der Waals surface area contributed by atoms with Gasteiger partial charge in [-0.05, 0) is 42.8 Å². The summed E-state index contributed by atoms with van der Waals surface area (Å²) < 4.78 is 8.63. The number of ether oxygens (including phenoxy) is 1. The number of fused-ring (bicyclic) bond motifs is 1. The average Bonchev–Trinajstić information content (AvgIpc) is 2.72. The van der Waals surface area contributed by atoms with Crippen LogP contribution in [0, 0.1) is 12.3 Å². The summed E-state index contributed by atoms with van der Waals surface area (Å²) in [4.78, 5) is 17.9. The van der Waals surface area contributed by atoms with Crippen molar-refractivity contribution in [3.8, 4) is 18.1 Å². The Labute approximate surface area is 186 Å². The fourth-order valence-electron chi connectivity index (χ4n) is 2.77. The first kappa shape index (κ1) is 21.3. The maximum absolute atomic E-state index is 13.2. The van der Waals surface area contributed by atoms with Gasteiger partial charge in [0, 0.05) is 20.4 Å². The molecule has 3 rings (SSSR count). The lowest BCUT2D eigenvalue weighted by atomic mass is 10.1. The summed E-state index contributed by atoms with van der Waals surface area (Å²) in [6, 6.07) is 11.0. The first-order chi connectivity index (χ1) is 13.9. The second-order valence-corrected chi connectivity index (χ2v) is 8.31. The molecule has 0 saturated carbocycles. The molecule has 0 radical (unpaired) electrons. The standard InChI is InChI=1S/C22H19Br2N3O2/c1-4-10-29-20-9-7-16(23)11-15(20)13-25-27-21(14(3)5-2)26-19-8-6-17(24)12-18(19)22(27)28/h1,6-9,11-14H,5,10H2,2-3H3/t14-/m1/s1. The van der Waals surface area contributed by atoms with Crippen LogP contribution in [0.1, 0.15) is 37.6 Å². The smallest absolute Gasteiger partial charge is 0.282 e. The SMILES string of the molecule is C#CCOc1ccc(Br)cc1C=Nn1c([C@H](C)CC)nc2ccc(Br)cc2c1=O. The van der Waals surface area contributed by atoms with Crippen LogP contribution in [0.3, 0.4) is 0 Å². The van der Waals surface area contributed by atoms with Crippen molar-refractivity contribution in [2.24, 2.45) is 5.10 Å². The molecule has 0 saturated heterocycles. The highest BCUT2D eigenvalue weighted by Gasteiger charge is 2.15. The van der Waals surface area contributed by atoms with Crippen LogP contribution in [0.25, 0.3) is 10.9 Å². The molecule has 5 nitrogen and oxygen atoms in total. The first-order valence-corrected chi connectivity index (χ1v) is 10.7. The molecular formula is C22H19Br2N3O2. The van der Waals surface area contributed by atoms with Gasteiger partial charge in [-0.15, -0.1) is 6.42 Å². The number of benzene rings is 2. The summed E-state index contributed by atoms with van der Waals surface area (Å²) in [6.45, 7) is 4.22. The Balaban J connectivity index is 2.17. The topological polar surface area (TPSA) is 56.5 Å². The van der Waals surface area contributed by atoms with Crippen molar-refractivity contribution in [2.75, 3.05) is 6.61 Å². The highest BCUT2D eigenvalue weighted by molar-refractivity contribution is 9.10. The quantitative estimate of drug-likeness (QED) is 0.328. The third-order valence-corrected chi connectivity index (χ3v) is 5.47. The van der Waals surface area contributed by atoms with Gasteiger partial charge >= 0.3 is 0 Å². The molecule has 0 fully saturated rings.